The summed E-state index contributed by atoms with van der Waals surface area (Å²) < 4.78 is 18.7. The van der Waals surface area contributed by atoms with Gasteiger partial charge in [-0.2, -0.15) is 5.10 Å². The summed E-state index contributed by atoms with van der Waals surface area (Å²) in [7, 11) is 1.59. The molecule has 0 fully saturated rings. The fourth-order valence-electron chi connectivity index (χ4n) is 3.58. The lowest BCUT2D eigenvalue weighted by Crippen LogP contribution is -2.37. The molecule has 1 unspecified atom stereocenters. The van der Waals surface area contributed by atoms with Gasteiger partial charge in [-0.15, -0.1) is 0 Å². The Morgan fingerprint density at radius 1 is 1.09 bits per heavy atom. The zero-order valence-electron chi connectivity index (χ0n) is 19.0. The third-order valence-corrected chi connectivity index (χ3v) is 5.22. The number of ether oxygens (including phenoxy) is 1. The number of carbonyl (C=O) groups is 1. The van der Waals surface area contributed by atoms with E-state index in [1.165, 1.54) is 17.7 Å². The van der Waals surface area contributed by atoms with Crippen molar-refractivity contribution < 1.29 is 13.9 Å². The number of anilines is 1. The Morgan fingerprint density at radius 3 is 2.56 bits per heavy atom. The van der Waals surface area contributed by atoms with E-state index in [2.05, 4.69) is 38.0 Å². The molecule has 1 heterocycles. The number of hydrogen-bond acceptors (Lipinski definition) is 4. The van der Waals surface area contributed by atoms with Gasteiger partial charge in [0.25, 0.3) is 5.91 Å². The number of aromatic nitrogens is 2. The summed E-state index contributed by atoms with van der Waals surface area (Å²) in [4.78, 5) is 17.5. The van der Waals surface area contributed by atoms with Crippen LogP contribution in [0.4, 0.5) is 10.2 Å². The van der Waals surface area contributed by atoms with E-state index in [4.69, 9.17) is 4.74 Å². The van der Waals surface area contributed by atoms with Crippen LogP contribution in [0.3, 0.4) is 0 Å². The number of H-pyrrole nitrogens is 1. The van der Waals surface area contributed by atoms with Crippen LogP contribution in [0.2, 0.25) is 0 Å². The molecule has 1 atom stereocenters. The Labute approximate surface area is 197 Å². The predicted molar refractivity (Wildman–Crippen MR) is 132 cm³/mol. The lowest BCUT2D eigenvalue weighted by atomic mass is 10.0. The van der Waals surface area contributed by atoms with Gasteiger partial charge in [0, 0.05) is 18.1 Å². The van der Waals surface area contributed by atoms with Crippen LogP contribution < -0.4 is 10.6 Å². The predicted octanol–water partition coefficient (Wildman–Crippen LogP) is 4.53. The first-order valence-electron chi connectivity index (χ1n) is 10.9. The molecular weight excluding hydrogens is 433 g/mol. The summed E-state index contributed by atoms with van der Waals surface area (Å²) in [5, 5.41) is 13.5. The van der Waals surface area contributed by atoms with Crippen molar-refractivity contribution in [2.75, 3.05) is 19.0 Å². The number of aliphatic imine (C=N–C) groups is 1. The molecule has 3 N–H and O–H groups in total. The molecule has 0 saturated carbocycles. The number of carbonyl (C=O) groups excluding carboxylic acids is 1. The summed E-state index contributed by atoms with van der Waals surface area (Å²) in [5.74, 6) is -0.0279. The van der Waals surface area contributed by atoms with Crippen LogP contribution in [0, 0.1) is 5.82 Å². The molecule has 0 radical (unpaired) electrons. The summed E-state index contributed by atoms with van der Waals surface area (Å²) >= 11 is 0. The minimum absolute atomic E-state index is 0.219. The van der Waals surface area contributed by atoms with Crippen molar-refractivity contribution in [3.8, 4) is 0 Å². The summed E-state index contributed by atoms with van der Waals surface area (Å²) in [6.45, 7) is 2.25. The van der Waals surface area contributed by atoms with Gasteiger partial charge in [-0.25, -0.2) is 9.38 Å². The molecule has 0 aliphatic carbocycles. The molecule has 0 bridgehead atoms. The highest BCUT2D eigenvalue weighted by Gasteiger charge is 2.14. The molecule has 174 valence electrons. The molecule has 4 aromatic rings. The number of halogens is 1. The number of hydrogen-bond donors (Lipinski definition) is 3. The number of nitrogens with one attached hydrogen (secondary N) is 3. The summed E-state index contributed by atoms with van der Waals surface area (Å²) in [5.41, 5.74) is 3.35. The quantitative estimate of drug-likeness (QED) is 0.280. The van der Waals surface area contributed by atoms with E-state index in [0.717, 1.165) is 12.0 Å². The van der Waals surface area contributed by atoms with Gasteiger partial charge in [-0.3, -0.25) is 15.2 Å². The van der Waals surface area contributed by atoms with E-state index in [0.29, 0.717) is 28.9 Å². The van der Waals surface area contributed by atoms with Crippen LogP contribution in [0.5, 0.6) is 0 Å². The molecule has 0 aliphatic heterocycles. The maximum Gasteiger partial charge on any atom is 0.257 e. The maximum absolute atomic E-state index is 13.5. The van der Waals surface area contributed by atoms with Crippen LogP contribution in [0.1, 0.15) is 28.4 Å². The fraction of sp³-hybridized carbons (Fsp3) is 0.192. The van der Waals surface area contributed by atoms with Crippen LogP contribution in [0.25, 0.3) is 10.9 Å². The zero-order chi connectivity index (χ0) is 23.9. The normalized spacial score (nSPS) is 12.5. The second kappa shape index (κ2) is 10.7. The number of fused-ring (bicyclic) bond motifs is 1. The zero-order valence-corrected chi connectivity index (χ0v) is 19.0. The van der Waals surface area contributed by atoms with Crippen molar-refractivity contribution >= 4 is 28.6 Å². The second-order valence-electron chi connectivity index (χ2n) is 7.98. The van der Waals surface area contributed by atoms with Gasteiger partial charge >= 0.3 is 0 Å². The maximum atomic E-state index is 13.5. The topological polar surface area (TPSA) is 91.4 Å². The Hall–Kier alpha value is -4.04. The van der Waals surface area contributed by atoms with E-state index in [-0.39, 0.29) is 23.7 Å². The molecular formula is C26H26FN5O2. The summed E-state index contributed by atoms with van der Waals surface area (Å²) in [6.07, 6.45) is 0.790. The van der Waals surface area contributed by atoms with Gasteiger partial charge in [-0.05, 0) is 54.8 Å². The van der Waals surface area contributed by atoms with E-state index in [1.807, 2.05) is 37.3 Å². The highest BCUT2D eigenvalue weighted by atomic mass is 19.1. The van der Waals surface area contributed by atoms with Crippen LogP contribution in [-0.2, 0) is 11.2 Å². The van der Waals surface area contributed by atoms with Crippen LogP contribution in [0.15, 0.2) is 77.8 Å². The van der Waals surface area contributed by atoms with E-state index >= 15 is 0 Å². The first-order valence-corrected chi connectivity index (χ1v) is 10.9. The minimum Gasteiger partial charge on any atom is -0.382 e. The highest BCUT2D eigenvalue weighted by molar-refractivity contribution is 6.11. The first kappa shape index (κ1) is 23.1. The van der Waals surface area contributed by atoms with E-state index in [9.17, 15) is 9.18 Å². The third-order valence-electron chi connectivity index (χ3n) is 5.22. The molecule has 0 spiro atoms. The standard InChI is InChI=1S/C26H26FN5O2/c1-17(16-34-2)28-26(29-24-22-13-12-21(27)15-23(22)31-32-24)30-25(33)20-10-8-19(9-11-20)14-18-6-4-3-5-7-18/h3-13,15,17H,14,16H2,1-2H3,(H3,28,29,30,31,32,33). The number of rotatable bonds is 7. The molecule has 34 heavy (non-hydrogen) atoms. The number of aromatic amines is 1. The number of amides is 1. The van der Waals surface area contributed by atoms with E-state index in [1.54, 1.807) is 25.3 Å². The van der Waals surface area contributed by atoms with E-state index < -0.39 is 0 Å². The van der Waals surface area contributed by atoms with Gasteiger partial charge in [0.05, 0.1) is 18.2 Å². The van der Waals surface area contributed by atoms with Crippen LogP contribution in [-0.4, -0.2) is 41.8 Å². The lowest BCUT2D eigenvalue weighted by molar-refractivity contribution is 0.0976. The molecule has 1 amide bonds. The second-order valence-corrected chi connectivity index (χ2v) is 7.98. The molecule has 0 aliphatic rings. The Balaban J connectivity index is 1.50. The van der Waals surface area contributed by atoms with Crippen molar-refractivity contribution in [3.05, 3.63) is 95.3 Å². The number of nitrogens with zero attached hydrogens (tertiary/aromatic N) is 2. The van der Waals surface area contributed by atoms with Gasteiger partial charge in [0.15, 0.2) is 5.82 Å². The van der Waals surface area contributed by atoms with Gasteiger partial charge in [0.2, 0.25) is 5.96 Å². The smallest absolute Gasteiger partial charge is 0.257 e. The molecule has 4 rings (SSSR count). The Kier molecular flexibility index (Phi) is 7.29. The Bertz CT molecular complexity index is 1290. The number of guanidine groups is 1. The largest absolute Gasteiger partial charge is 0.382 e. The van der Waals surface area contributed by atoms with Crippen molar-refractivity contribution in [3.63, 3.8) is 0 Å². The van der Waals surface area contributed by atoms with Crippen molar-refractivity contribution in [1.82, 2.24) is 15.5 Å². The highest BCUT2D eigenvalue weighted by Crippen LogP contribution is 2.21. The third kappa shape index (κ3) is 5.85. The SMILES string of the molecule is COCC(C)N=C(NC(=O)c1ccc(Cc2ccccc2)cc1)Nc1n[nH]c2cc(F)ccc12. The number of benzene rings is 3. The van der Waals surface area contributed by atoms with Crippen molar-refractivity contribution in [2.45, 2.75) is 19.4 Å². The van der Waals surface area contributed by atoms with Crippen molar-refractivity contribution in [2.24, 2.45) is 4.99 Å². The summed E-state index contributed by atoms with van der Waals surface area (Å²) in [6, 6.07) is 21.7. The van der Waals surface area contributed by atoms with Gasteiger partial charge in [0.1, 0.15) is 5.82 Å². The van der Waals surface area contributed by atoms with Gasteiger partial charge in [-0.1, -0.05) is 42.5 Å². The molecule has 0 saturated heterocycles. The number of methoxy groups -OCH3 is 1. The Morgan fingerprint density at radius 2 is 1.82 bits per heavy atom. The molecule has 8 heteroatoms. The molecule has 1 aromatic heterocycles. The average molecular weight is 460 g/mol. The lowest BCUT2D eigenvalue weighted by Gasteiger charge is -2.13. The van der Waals surface area contributed by atoms with Crippen molar-refractivity contribution in [1.29, 1.82) is 0 Å². The van der Waals surface area contributed by atoms with Crippen LogP contribution >= 0.6 is 0 Å². The fourth-order valence-corrected chi connectivity index (χ4v) is 3.58. The first-order chi connectivity index (χ1) is 16.5. The molecule has 7 nitrogen and oxygen atoms in total. The van der Waals surface area contributed by atoms with Gasteiger partial charge < -0.3 is 10.1 Å². The average Bonchev–Trinajstić information content (AvgIpc) is 3.21. The minimum atomic E-state index is -0.366. The monoisotopic (exact) mass is 459 g/mol. The molecule has 3 aromatic carbocycles.